The number of H-pyrrole nitrogens is 1. The maximum atomic E-state index is 12.7. The molecule has 124 valence electrons. The fourth-order valence-electron chi connectivity index (χ4n) is 2.14. The van der Waals surface area contributed by atoms with Crippen molar-refractivity contribution >= 4 is 17.3 Å². The number of ether oxygens (including phenoxy) is 1. The van der Waals surface area contributed by atoms with E-state index in [1.54, 1.807) is 6.07 Å². The lowest BCUT2D eigenvalue weighted by Crippen LogP contribution is -2.20. The molecule has 0 fully saturated rings. The van der Waals surface area contributed by atoms with Crippen LogP contribution in [0.3, 0.4) is 0 Å². The number of aromatic hydroxyl groups is 1. The van der Waals surface area contributed by atoms with E-state index >= 15 is 0 Å². The normalized spacial score (nSPS) is 11.3. The van der Waals surface area contributed by atoms with Crippen molar-refractivity contribution in [3.63, 3.8) is 0 Å². The molecule has 2 N–H and O–H groups in total. The molecule has 0 amide bonds. The lowest BCUT2D eigenvalue weighted by Gasteiger charge is -2.24. The maximum absolute atomic E-state index is 12.7. The van der Waals surface area contributed by atoms with Gasteiger partial charge in [-0.25, -0.2) is 5.10 Å². The SMILES string of the molecule is Oc1ccc(N(c2ncn[nH]2)c2ccccc2OC(F)(F)F)cc1. The van der Waals surface area contributed by atoms with E-state index in [2.05, 4.69) is 19.9 Å². The third-order valence-corrected chi connectivity index (χ3v) is 3.05. The summed E-state index contributed by atoms with van der Waals surface area (Å²) in [6.07, 6.45) is -3.60. The Bertz CT molecular complexity index is 804. The van der Waals surface area contributed by atoms with Crippen LogP contribution in [0.15, 0.2) is 54.9 Å². The number of alkyl halides is 3. The van der Waals surface area contributed by atoms with E-state index in [4.69, 9.17) is 0 Å². The van der Waals surface area contributed by atoms with Crippen LogP contribution in [0.2, 0.25) is 0 Å². The molecule has 2 aromatic carbocycles. The van der Waals surface area contributed by atoms with Crippen molar-refractivity contribution in [2.75, 3.05) is 4.90 Å². The summed E-state index contributed by atoms with van der Waals surface area (Å²) in [5, 5.41) is 15.7. The average molecular weight is 336 g/mol. The molecule has 0 saturated carbocycles. The molecule has 0 saturated heterocycles. The van der Waals surface area contributed by atoms with Crippen LogP contribution in [-0.4, -0.2) is 26.7 Å². The third-order valence-electron chi connectivity index (χ3n) is 3.05. The van der Waals surface area contributed by atoms with E-state index in [0.29, 0.717) is 5.69 Å². The first kappa shape index (κ1) is 15.7. The number of nitrogens with one attached hydrogen (secondary N) is 1. The van der Waals surface area contributed by atoms with Gasteiger partial charge in [-0.2, -0.15) is 10.1 Å². The number of nitrogens with zero attached hydrogens (tertiary/aromatic N) is 3. The fraction of sp³-hybridized carbons (Fsp3) is 0.0667. The third kappa shape index (κ3) is 3.40. The van der Waals surface area contributed by atoms with Crippen LogP contribution in [0, 0.1) is 0 Å². The van der Waals surface area contributed by atoms with E-state index < -0.39 is 12.1 Å². The Kier molecular flexibility index (Phi) is 3.98. The predicted molar refractivity (Wildman–Crippen MR) is 79.4 cm³/mol. The first-order chi connectivity index (χ1) is 11.4. The molecule has 6 nitrogen and oxygen atoms in total. The maximum Gasteiger partial charge on any atom is 0.573 e. The summed E-state index contributed by atoms with van der Waals surface area (Å²) in [5.41, 5.74) is 0.569. The minimum absolute atomic E-state index is 0.0242. The number of aromatic amines is 1. The average Bonchev–Trinajstić information content (AvgIpc) is 3.04. The summed E-state index contributed by atoms with van der Waals surface area (Å²) in [6, 6.07) is 11.5. The Morgan fingerprint density at radius 2 is 1.75 bits per heavy atom. The number of anilines is 3. The lowest BCUT2D eigenvalue weighted by molar-refractivity contribution is -0.274. The van der Waals surface area contributed by atoms with Crippen molar-refractivity contribution in [1.29, 1.82) is 0 Å². The molecule has 0 aliphatic carbocycles. The molecule has 3 rings (SSSR count). The molecule has 0 aliphatic heterocycles. The fourth-order valence-corrected chi connectivity index (χ4v) is 2.14. The molecular formula is C15H11F3N4O2. The van der Waals surface area contributed by atoms with E-state index in [-0.39, 0.29) is 17.4 Å². The van der Waals surface area contributed by atoms with Crippen molar-refractivity contribution in [3.8, 4) is 11.5 Å². The summed E-state index contributed by atoms with van der Waals surface area (Å²) in [5.74, 6) is -0.176. The van der Waals surface area contributed by atoms with Gasteiger partial charge in [-0.15, -0.1) is 13.2 Å². The molecule has 0 radical (unpaired) electrons. The number of phenols is 1. The topological polar surface area (TPSA) is 74.3 Å². The van der Waals surface area contributed by atoms with Gasteiger partial charge in [0.25, 0.3) is 0 Å². The Morgan fingerprint density at radius 3 is 2.38 bits per heavy atom. The van der Waals surface area contributed by atoms with Gasteiger partial charge in [-0.05, 0) is 36.4 Å². The first-order valence-corrected chi connectivity index (χ1v) is 6.73. The highest BCUT2D eigenvalue weighted by Gasteiger charge is 2.33. The Balaban J connectivity index is 2.12. The number of hydrogen-bond acceptors (Lipinski definition) is 5. The van der Waals surface area contributed by atoms with Crippen molar-refractivity contribution < 1.29 is 23.0 Å². The lowest BCUT2D eigenvalue weighted by atomic mass is 10.2. The number of hydrogen-bond donors (Lipinski definition) is 2. The highest BCUT2D eigenvalue weighted by molar-refractivity contribution is 5.76. The monoisotopic (exact) mass is 336 g/mol. The largest absolute Gasteiger partial charge is 0.573 e. The zero-order chi connectivity index (χ0) is 17.2. The van der Waals surface area contributed by atoms with Crippen molar-refractivity contribution in [1.82, 2.24) is 15.2 Å². The molecule has 1 aromatic heterocycles. The Morgan fingerprint density at radius 1 is 1.04 bits per heavy atom. The first-order valence-electron chi connectivity index (χ1n) is 6.73. The van der Waals surface area contributed by atoms with Crippen LogP contribution in [-0.2, 0) is 0 Å². The molecule has 24 heavy (non-hydrogen) atoms. The van der Waals surface area contributed by atoms with E-state index in [1.165, 1.54) is 53.7 Å². The summed E-state index contributed by atoms with van der Waals surface area (Å²) in [4.78, 5) is 5.39. The molecule has 3 aromatic rings. The quantitative estimate of drug-likeness (QED) is 0.756. The van der Waals surface area contributed by atoms with Crippen LogP contribution < -0.4 is 9.64 Å². The second-order valence-corrected chi connectivity index (χ2v) is 4.68. The molecule has 9 heteroatoms. The van der Waals surface area contributed by atoms with Crippen molar-refractivity contribution in [2.45, 2.75) is 6.36 Å². The Hall–Kier alpha value is -3.23. The highest BCUT2D eigenvalue weighted by Crippen LogP contribution is 2.40. The summed E-state index contributed by atoms with van der Waals surface area (Å²) >= 11 is 0. The molecule has 1 heterocycles. The molecule has 0 bridgehead atoms. The zero-order valence-corrected chi connectivity index (χ0v) is 12.0. The molecule has 0 aliphatic rings. The minimum atomic E-state index is -4.84. The molecule has 0 atom stereocenters. The van der Waals surface area contributed by atoms with Crippen LogP contribution in [0.4, 0.5) is 30.5 Å². The van der Waals surface area contributed by atoms with Gasteiger partial charge in [0.1, 0.15) is 12.1 Å². The summed E-state index contributed by atoms with van der Waals surface area (Å²) in [7, 11) is 0. The zero-order valence-electron chi connectivity index (χ0n) is 12.0. The minimum Gasteiger partial charge on any atom is -0.508 e. The number of para-hydroxylation sites is 2. The van der Waals surface area contributed by atoms with Gasteiger partial charge in [0.05, 0.1) is 5.69 Å². The molecular weight excluding hydrogens is 325 g/mol. The van der Waals surface area contributed by atoms with Crippen molar-refractivity contribution in [2.24, 2.45) is 0 Å². The van der Waals surface area contributed by atoms with Gasteiger partial charge in [-0.3, -0.25) is 4.90 Å². The molecule has 0 spiro atoms. The molecule has 0 unspecified atom stereocenters. The van der Waals surface area contributed by atoms with Crippen LogP contribution in [0.1, 0.15) is 0 Å². The van der Waals surface area contributed by atoms with Gasteiger partial charge in [-0.1, -0.05) is 12.1 Å². The number of halogens is 3. The highest BCUT2D eigenvalue weighted by atomic mass is 19.4. The van der Waals surface area contributed by atoms with E-state index in [0.717, 1.165) is 0 Å². The second kappa shape index (κ2) is 6.11. The number of rotatable bonds is 4. The van der Waals surface area contributed by atoms with E-state index in [9.17, 15) is 18.3 Å². The van der Waals surface area contributed by atoms with Crippen LogP contribution >= 0.6 is 0 Å². The van der Waals surface area contributed by atoms with Crippen molar-refractivity contribution in [3.05, 3.63) is 54.9 Å². The van der Waals surface area contributed by atoms with Crippen LogP contribution in [0.25, 0.3) is 0 Å². The van der Waals surface area contributed by atoms with Gasteiger partial charge in [0.15, 0.2) is 5.75 Å². The van der Waals surface area contributed by atoms with Gasteiger partial charge >= 0.3 is 6.36 Å². The van der Waals surface area contributed by atoms with E-state index in [1.807, 2.05) is 0 Å². The predicted octanol–water partition coefficient (Wildman–Crippen LogP) is 3.88. The smallest absolute Gasteiger partial charge is 0.508 e. The summed E-state index contributed by atoms with van der Waals surface area (Å²) in [6.45, 7) is 0. The van der Waals surface area contributed by atoms with Gasteiger partial charge < -0.3 is 9.84 Å². The second-order valence-electron chi connectivity index (χ2n) is 4.68. The number of benzene rings is 2. The standard InChI is InChI=1S/C15H11F3N4O2/c16-15(17,18)24-13-4-2-1-3-12(13)22(14-19-9-20-21-14)10-5-7-11(23)8-6-10/h1-9,23H,(H,19,20,21). The van der Waals surface area contributed by atoms with Crippen LogP contribution in [0.5, 0.6) is 11.5 Å². The van der Waals surface area contributed by atoms with Gasteiger partial charge in [0.2, 0.25) is 5.95 Å². The summed E-state index contributed by atoms with van der Waals surface area (Å²) < 4.78 is 42.1. The van der Waals surface area contributed by atoms with Gasteiger partial charge in [0, 0.05) is 5.69 Å². The number of aromatic nitrogens is 3. The Labute approximate surface area is 134 Å². The number of phenolic OH excluding ortho intramolecular Hbond substituents is 1.